The largest absolute Gasteiger partial charge is 0.493 e. The average Bonchev–Trinajstić information content (AvgIpc) is 2.58. The second-order valence-electron chi connectivity index (χ2n) is 5.93. The minimum atomic E-state index is -1.17. The van der Waals surface area contributed by atoms with Gasteiger partial charge in [0.2, 0.25) is 5.91 Å². The molecule has 0 aliphatic carbocycles. The van der Waals surface area contributed by atoms with Gasteiger partial charge in [-0.05, 0) is 24.5 Å². The van der Waals surface area contributed by atoms with Gasteiger partial charge in [0.15, 0.2) is 11.5 Å². The molecule has 1 atom stereocenters. The monoisotopic (exact) mass is 370 g/mol. The van der Waals surface area contributed by atoms with Crippen LogP contribution in [0.2, 0.25) is 0 Å². The van der Waals surface area contributed by atoms with Crippen LogP contribution in [-0.2, 0) is 9.59 Å². The number of halogens is 1. The number of methoxy groups -OCH3 is 2. The SMILES string of the molecule is COc1ccc(F)c(C(=O)NCC(=O)N[C@@H](CC(C)C)C(=O)O)c1OC. The summed E-state index contributed by atoms with van der Waals surface area (Å²) in [7, 11) is 2.59. The fraction of sp³-hybridized carbons (Fsp3) is 0.471. The molecule has 0 heterocycles. The molecule has 0 saturated carbocycles. The number of rotatable bonds is 9. The third-order valence-electron chi connectivity index (χ3n) is 3.47. The number of benzene rings is 1. The second kappa shape index (κ2) is 9.59. The Balaban J connectivity index is 2.80. The standard InChI is InChI=1S/C17H23FN2O6/c1-9(2)7-11(17(23)24)20-13(21)8-19-16(22)14-10(18)5-6-12(25-3)15(14)26-4/h5-6,9,11H,7-8H2,1-4H3,(H,19,22)(H,20,21)(H,23,24)/t11-/m0/s1. The van der Waals surface area contributed by atoms with Crippen molar-refractivity contribution in [2.24, 2.45) is 5.92 Å². The van der Waals surface area contributed by atoms with Crippen molar-refractivity contribution in [1.82, 2.24) is 10.6 Å². The molecule has 144 valence electrons. The molecule has 2 amide bonds. The predicted molar refractivity (Wildman–Crippen MR) is 90.9 cm³/mol. The fourth-order valence-electron chi connectivity index (χ4n) is 2.30. The minimum absolute atomic E-state index is 0.0566. The summed E-state index contributed by atoms with van der Waals surface area (Å²) in [6.07, 6.45) is 0.243. The van der Waals surface area contributed by atoms with Crippen LogP contribution < -0.4 is 20.1 Å². The van der Waals surface area contributed by atoms with Crippen LogP contribution in [-0.4, -0.2) is 49.7 Å². The number of carbonyl (C=O) groups is 3. The smallest absolute Gasteiger partial charge is 0.326 e. The van der Waals surface area contributed by atoms with Crippen LogP contribution in [0.3, 0.4) is 0 Å². The molecular weight excluding hydrogens is 347 g/mol. The van der Waals surface area contributed by atoms with Crippen LogP contribution in [0.5, 0.6) is 11.5 Å². The molecule has 0 spiro atoms. The Kier molecular flexibility index (Phi) is 7.82. The van der Waals surface area contributed by atoms with Crippen molar-refractivity contribution >= 4 is 17.8 Å². The molecule has 1 aromatic rings. The van der Waals surface area contributed by atoms with Crippen molar-refractivity contribution in [3.63, 3.8) is 0 Å². The molecule has 0 radical (unpaired) electrons. The lowest BCUT2D eigenvalue weighted by atomic mass is 10.0. The van der Waals surface area contributed by atoms with Gasteiger partial charge in [-0.3, -0.25) is 9.59 Å². The fourth-order valence-corrected chi connectivity index (χ4v) is 2.30. The van der Waals surface area contributed by atoms with E-state index >= 15 is 0 Å². The second-order valence-corrected chi connectivity index (χ2v) is 5.93. The molecule has 9 heteroatoms. The zero-order valence-electron chi connectivity index (χ0n) is 15.1. The Hall–Kier alpha value is -2.84. The van der Waals surface area contributed by atoms with E-state index in [-0.39, 0.29) is 23.8 Å². The van der Waals surface area contributed by atoms with Crippen molar-refractivity contribution < 1.29 is 33.4 Å². The first kappa shape index (κ1) is 21.2. The van der Waals surface area contributed by atoms with E-state index in [1.807, 2.05) is 13.8 Å². The highest BCUT2D eigenvalue weighted by Gasteiger charge is 2.24. The van der Waals surface area contributed by atoms with E-state index in [1.165, 1.54) is 20.3 Å². The lowest BCUT2D eigenvalue weighted by molar-refractivity contribution is -0.142. The van der Waals surface area contributed by atoms with Gasteiger partial charge < -0.3 is 25.2 Å². The molecule has 26 heavy (non-hydrogen) atoms. The van der Waals surface area contributed by atoms with Gasteiger partial charge in [-0.15, -0.1) is 0 Å². The summed E-state index contributed by atoms with van der Waals surface area (Å²) in [6, 6.07) is 1.28. The quantitative estimate of drug-likeness (QED) is 0.602. The van der Waals surface area contributed by atoms with E-state index in [1.54, 1.807) is 0 Å². The summed E-state index contributed by atoms with van der Waals surface area (Å²) in [6.45, 7) is 3.13. The summed E-state index contributed by atoms with van der Waals surface area (Å²) >= 11 is 0. The van der Waals surface area contributed by atoms with E-state index in [9.17, 15) is 18.8 Å². The molecule has 0 saturated heterocycles. The van der Waals surface area contributed by atoms with Crippen molar-refractivity contribution in [1.29, 1.82) is 0 Å². The number of amides is 2. The molecule has 1 aromatic carbocycles. The number of hydrogen-bond acceptors (Lipinski definition) is 5. The number of nitrogens with one attached hydrogen (secondary N) is 2. The summed E-state index contributed by atoms with van der Waals surface area (Å²) in [5, 5.41) is 13.7. The Morgan fingerprint density at radius 3 is 2.35 bits per heavy atom. The number of carboxylic acids is 1. The molecule has 0 unspecified atom stereocenters. The number of ether oxygens (including phenoxy) is 2. The van der Waals surface area contributed by atoms with Crippen molar-refractivity contribution in [3.8, 4) is 11.5 Å². The van der Waals surface area contributed by atoms with Crippen LogP contribution in [0.15, 0.2) is 12.1 Å². The maximum Gasteiger partial charge on any atom is 0.326 e. The molecule has 0 aromatic heterocycles. The summed E-state index contributed by atoms with van der Waals surface area (Å²) in [5.41, 5.74) is -0.406. The van der Waals surface area contributed by atoms with Crippen molar-refractivity contribution in [3.05, 3.63) is 23.5 Å². The van der Waals surface area contributed by atoms with Crippen LogP contribution in [0.25, 0.3) is 0 Å². The van der Waals surface area contributed by atoms with Crippen LogP contribution in [0.4, 0.5) is 4.39 Å². The summed E-state index contributed by atoms with van der Waals surface area (Å²) in [4.78, 5) is 35.3. The van der Waals surface area contributed by atoms with E-state index in [2.05, 4.69) is 10.6 Å². The maximum absolute atomic E-state index is 14.0. The Morgan fingerprint density at radius 1 is 1.19 bits per heavy atom. The molecule has 0 aliphatic rings. The number of hydrogen-bond donors (Lipinski definition) is 3. The highest BCUT2D eigenvalue weighted by atomic mass is 19.1. The van der Waals surface area contributed by atoms with Crippen LogP contribution in [0, 0.1) is 11.7 Å². The molecule has 3 N–H and O–H groups in total. The lowest BCUT2D eigenvalue weighted by Gasteiger charge is -2.17. The van der Waals surface area contributed by atoms with Gasteiger partial charge in [-0.25, -0.2) is 9.18 Å². The van der Waals surface area contributed by atoms with Gasteiger partial charge in [0.25, 0.3) is 5.91 Å². The number of carboxylic acid groups (broad SMARTS) is 1. The van der Waals surface area contributed by atoms with Crippen LogP contribution in [0.1, 0.15) is 30.6 Å². The highest BCUT2D eigenvalue weighted by Crippen LogP contribution is 2.32. The van der Waals surface area contributed by atoms with Crippen molar-refractivity contribution in [2.45, 2.75) is 26.3 Å². The van der Waals surface area contributed by atoms with E-state index in [0.717, 1.165) is 6.07 Å². The highest BCUT2D eigenvalue weighted by molar-refractivity contribution is 6.00. The van der Waals surface area contributed by atoms with Gasteiger partial charge in [-0.1, -0.05) is 13.8 Å². The van der Waals surface area contributed by atoms with Gasteiger partial charge in [0.1, 0.15) is 17.4 Å². The van der Waals surface area contributed by atoms with Gasteiger partial charge in [0.05, 0.1) is 20.8 Å². The third-order valence-corrected chi connectivity index (χ3v) is 3.47. The first-order valence-electron chi connectivity index (χ1n) is 7.92. The number of aliphatic carboxylic acids is 1. The summed E-state index contributed by atoms with van der Waals surface area (Å²) in [5.74, 6) is -3.48. The van der Waals surface area contributed by atoms with Crippen LogP contribution >= 0.6 is 0 Å². The lowest BCUT2D eigenvalue weighted by Crippen LogP contribution is -2.46. The molecule has 8 nitrogen and oxygen atoms in total. The molecule has 0 bridgehead atoms. The third kappa shape index (κ3) is 5.61. The molecule has 0 fully saturated rings. The van der Waals surface area contributed by atoms with Gasteiger partial charge in [-0.2, -0.15) is 0 Å². The van der Waals surface area contributed by atoms with E-state index < -0.39 is 41.8 Å². The van der Waals surface area contributed by atoms with Gasteiger partial charge >= 0.3 is 5.97 Å². The van der Waals surface area contributed by atoms with E-state index in [4.69, 9.17) is 14.6 Å². The normalized spacial score (nSPS) is 11.6. The first-order chi connectivity index (χ1) is 12.2. The summed E-state index contributed by atoms with van der Waals surface area (Å²) < 4.78 is 24.0. The van der Waals surface area contributed by atoms with E-state index in [0.29, 0.717) is 0 Å². The Morgan fingerprint density at radius 2 is 1.85 bits per heavy atom. The Bertz CT molecular complexity index is 677. The molecular formula is C17H23FN2O6. The molecule has 0 aliphatic heterocycles. The maximum atomic E-state index is 14.0. The zero-order valence-corrected chi connectivity index (χ0v) is 15.1. The van der Waals surface area contributed by atoms with Crippen molar-refractivity contribution in [2.75, 3.05) is 20.8 Å². The number of carbonyl (C=O) groups excluding carboxylic acids is 2. The average molecular weight is 370 g/mol. The minimum Gasteiger partial charge on any atom is -0.493 e. The first-order valence-corrected chi connectivity index (χ1v) is 7.92. The predicted octanol–water partition coefficient (Wildman–Crippen LogP) is 1.19. The zero-order chi connectivity index (χ0) is 19.9. The molecule has 1 rings (SSSR count). The van der Waals surface area contributed by atoms with Gasteiger partial charge in [0, 0.05) is 0 Å². The Labute approximate surface area is 150 Å². The topological polar surface area (TPSA) is 114 Å².